The lowest BCUT2D eigenvalue weighted by Crippen LogP contribution is -2.36. The minimum absolute atomic E-state index is 0.346. The van der Waals surface area contributed by atoms with Crippen LogP contribution in [0.2, 0.25) is 5.02 Å². The van der Waals surface area contributed by atoms with Crippen molar-refractivity contribution in [2.45, 2.75) is 45.0 Å². The lowest BCUT2D eigenvalue weighted by Gasteiger charge is -2.25. The van der Waals surface area contributed by atoms with Crippen LogP contribution in [0.4, 0.5) is 0 Å². The van der Waals surface area contributed by atoms with Crippen LogP contribution in [0.15, 0.2) is 6.20 Å². The van der Waals surface area contributed by atoms with Crippen molar-refractivity contribution < 1.29 is 8.42 Å². The average Bonchev–Trinajstić information content (AvgIpc) is 2.66. The predicted octanol–water partition coefficient (Wildman–Crippen LogP) is 2.03. The van der Waals surface area contributed by atoms with E-state index in [0.29, 0.717) is 11.6 Å². The number of rotatable bonds is 7. The number of halogens is 1. The van der Waals surface area contributed by atoms with Crippen LogP contribution in [0.3, 0.4) is 0 Å². The summed E-state index contributed by atoms with van der Waals surface area (Å²) < 4.78 is 25.4. The Hall–Kier alpha value is -0.590. The molecule has 0 aliphatic carbocycles. The molecule has 0 saturated heterocycles. The number of hydrogen-bond acceptors (Lipinski definition) is 4. The quantitative estimate of drug-likeness (QED) is 0.837. The standard InChI is InChI=1S/C12H22ClN3O2S/c1-5-7-16-12(10(13)8-15-16)11(14-6-2)9(3)19(4,17)18/h8-9,11,14H,5-7H2,1-4H3. The molecule has 1 N–H and O–H groups in total. The van der Waals surface area contributed by atoms with E-state index in [1.165, 1.54) is 6.26 Å². The average molecular weight is 308 g/mol. The van der Waals surface area contributed by atoms with Gasteiger partial charge in [0, 0.05) is 12.8 Å². The first-order valence-electron chi connectivity index (χ1n) is 6.46. The van der Waals surface area contributed by atoms with E-state index in [1.54, 1.807) is 17.8 Å². The third kappa shape index (κ3) is 3.94. The van der Waals surface area contributed by atoms with Crippen molar-refractivity contribution in [2.24, 2.45) is 0 Å². The van der Waals surface area contributed by atoms with Gasteiger partial charge >= 0.3 is 0 Å². The van der Waals surface area contributed by atoms with E-state index in [1.807, 2.05) is 13.8 Å². The van der Waals surface area contributed by atoms with Crippen LogP contribution < -0.4 is 5.32 Å². The summed E-state index contributed by atoms with van der Waals surface area (Å²) in [7, 11) is -3.16. The number of aromatic nitrogens is 2. The van der Waals surface area contributed by atoms with Gasteiger partial charge in [0.05, 0.1) is 28.2 Å². The predicted molar refractivity (Wildman–Crippen MR) is 78.3 cm³/mol. The molecule has 1 heterocycles. The minimum atomic E-state index is -3.16. The Morgan fingerprint density at radius 3 is 2.58 bits per heavy atom. The fourth-order valence-corrected chi connectivity index (χ4v) is 3.00. The lowest BCUT2D eigenvalue weighted by molar-refractivity contribution is 0.463. The van der Waals surface area contributed by atoms with Crippen molar-refractivity contribution in [1.29, 1.82) is 0 Å². The Balaban J connectivity index is 3.22. The van der Waals surface area contributed by atoms with Crippen molar-refractivity contribution in [2.75, 3.05) is 12.8 Å². The lowest BCUT2D eigenvalue weighted by atomic mass is 10.1. The fourth-order valence-electron chi connectivity index (χ4n) is 2.02. The van der Waals surface area contributed by atoms with Crippen molar-refractivity contribution in [3.63, 3.8) is 0 Å². The first-order chi connectivity index (χ1) is 8.82. The molecule has 0 bridgehead atoms. The molecule has 0 aliphatic rings. The van der Waals surface area contributed by atoms with E-state index in [2.05, 4.69) is 10.4 Å². The monoisotopic (exact) mass is 307 g/mol. The highest BCUT2D eigenvalue weighted by Crippen LogP contribution is 2.28. The zero-order chi connectivity index (χ0) is 14.6. The van der Waals surface area contributed by atoms with Crippen LogP contribution in [0.1, 0.15) is 38.9 Å². The summed E-state index contributed by atoms with van der Waals surface area (Å²) >= 11 is 6.19. The molecule has 1 aromatic heterocycles. The zero-order valence-electron chi connectivity index (χ0n) is 11.9. The summed E-state index contributed by atoms with van der Waals surface area (Å²) in [5.74, 6) is 0. The molecule has 110 valence electrons. The number of nitrogens with one attached hydrogen (secondary N) is 1. The third-order valence-corrected chi connectivity index (χ3v) is 5.05. The SMILES string of the molecule is CCCn1ncc(Cl)c1C(NCC)C(C)S(C)(=O)=O. The molecule has 7 heteroatoms. The van der Waals surface area contributed by atoms with E-state index in [-0.39, 0.29) is 6.04 Å². The summed E-state index contributed by atoms with van der Waals surface area (Å²) in [4.78, 5) is 0. The first kappa shape index (κ1) is 16.5. The van der Waals surface area contributed by atoms with Crippen LogP contribution in [0.25, 0.3) is 0 Å². The molecule has 0 saturated carbocycles. The van der Waals surface area contributed by atoms with Gasteiger partial charge in [-0.05, 0) is 19.9 Å². The Labute approximate surface area is 120 Å². The molecule has 2 atom stereocenters. The van der Waals surface area contributed by atoms with E-state index >= 15 is 0 Å². The van der Waals surface area contributed by atoms with E-state index in [9.17, 15) is 8.42 Å². The van der Waals surface area contributed by atoms with Gasteiger partial charge in [-0.2, -0.15) is 5.10 Å². The van der Waals surface area contributed by atoms with E-state index < -0.39 is 15.1 Å². The van der Waals surface area contributed by atoms with Gasteiger partial charge in [0.25, 0.3) is 0 Å². The Bertz CT molecular complexity index is 513. The van der Waals surface area contributed by atoms with Gasteiger partial charge in [-0.3, -0.25) is 4.68 Å². The second kappa shape index (κ2) is 6.72. The summed E-state index contributed by atoms with van der Waals surface area (Å²) in [5, 5.41) is 7.38. The van der Waals surface area contributed by atoms with Gasteiger partial charge in [0.1, 0.15) is 0 Å². The molecule has 0 radical (unpaired) electrons. The van der Waals surface area contributed by atoms with Gasteiger partial charge in [0.2, 0.25) is 0 Å². The maximum absolute atomic E-state index is 11.8. The van der Waals surface area contributed by atoms with Crippen molar-refractivity contribution in [3.8, 4) is 0 Å². The van der Waals surface area contributed by atoms with Crippen molar-refractivity contribution >= 4 is 21.4 Å². The van der Waals surface area contributed by atoms with Gasteiger partial charge < -0.3 is 5.32 Å². The maximum Gasteiger partial charge on any atom is 0.151 e. The summed E-state index contributed by atoms with van der Waals surface area (Å²) in [6.45, 7) is 7.07. The molecular weight excluding hydrogens is 286 g/mol. The Morgan fingerprint density at radius 1 is 1.47 bits per heavy atom. The van der Waals surface area contributed by atoms with E-state index in [0.717, 1.165) is 18.7 Å². The molecule has 0 aliphatic heterocycles. The second-order valence-electron chi connectivity index (χ2n) is 4.67. The highest BCUT2D eigenvalue weighted by atomic mass is 35.5. The minimum Gasteiger partial charge on any atom is -0.308 e. The first-order valence-corrected chi connectivity index (χ1v) is 8.79. The Morgan fingerprint density at radius 2 is 2.11 bits per heavy atom. The molecule has 0 amide bonds. The highest BCUT2D eigenvalue weighted by molar-refractivity contribution is 7.91. The molecule has 0 spiro atoms. The van der Waals surface area contributed by atoms with E-state index in [4.69, 9.17) is 11.6 Å². The number of hydrogen-bond donors (Lipinski definition) is 1. The molecular formula is C12H22ClN3O2S. The molecule has 2 unspecified atom stereocenters. The highest BCUT2D eigenvalue weighted by Gasteiger charge is 2.31. The van der Waals surface area contributed by atoms with Crippen molar-refractivity contribution in [1.82, 2.24) is 15.1 Å². The number of aryl methyl sites for hydroxylation is 1. The van der Waals surface area contributed by atoms with Gasteiger partial charge in [0.15, 0.2) is 9.84 Å². The van der Waals surface area contributed by atoms with Gasteiger partial charge in [-0.25, -0.2) is 8.42 Å². The smallest absolute Gasteiger partial charge is 0.151 e. The zero-order valence-corrected chi connectivity index (χ0v) is 13.4. The molecule has 19 heavy (non-hydrogen) atoms. The molecule has 0 fully saturated rings. The van der Waals surface area contributed by atoms with Gasteiger partial charge in [-0.1, -0.05) is 25.4 Å². The fraction of sp³-hybridized carbons (Fsp3) is 0.750. The number of nitrogens with zero attached hydrogens (tertiary/aromatic N) is 2. The van der Waals surface area contributed by atoms with Crippen LogP contribution in [-0.2, 0) is 16.4 Å². The number of sulfone groups is 1. The molecule has 1 aromatic rings. The largest absolute Gasteiger partial charge is 0.308 e. The van der Waals surface area contributed by atoms with Crippen LogP contribution in [0, 0.1) is 0 Å². The molecule has 0 aromatic carbocycles. The maximum atomic E-state index is 11.8. The topological polar surface area (TPSA) is 64.0 Å². The normalized spacial score (nSPS) is 15.4. The molecule has 1 rings (SSSR count). The third-order valence-electron chi connectivity index (χ3n) is 3.13. The second-order valence-corrected chi connectivity index (χ2v) is 7.48. The summed E-state index contributed by atoms with van der Waals surface area (Å²) in [5.41, 5.74) is 0.753. The summed E-state index contributed by atoms with van der Waals surface area (Å²) in [6, 6.07) is -0.346. The van der Waals surface area contributed by atoms with Crippen LogP contribution >= 0.6 is 11.6 Å². The van der Waals surface area contributed by atoms with Crippen molar-refractivity contribution in [3.05, 3.63) is 16.9 Å². The Kier molecular flexibility index (Phi) is 5.82. The summed E-state index contributed by atoms with van der Waals surface area (Å²) in [6.07, 6.45) is 3.74. The van der Waals surface area contributed by atoms with Gasteiger partial charge in [-0.15, -0.1) is 0 Å². The van der Waals surface area contributed by atoms with Crippen LogP contribution in [0.5, 0.6) is 0 Å². The van der Waals surface area contributed by atoms with Crippen LogP contribution in [-0.4, -0.2) is 36.2 Å². The molecule has 5 nitrogen and oxygen atoms in total.